The molecule has 1 aliphatic heterocycles. The maximum absolute atomic E-state index is 13.4. The number of hydrogen-bond acceptors (Lipinski definition) is 5. The molecule has 1 unspecified atom stereocenters. The summed E-state index contributed by atoms with van der Waals surface area (Å²) in [4.78, 5) is 20.2. The number of amides is 1. The van der Waals surface area contributed by atoms with Crippen LogP contribution in [0, 0.1) is 0 Å². The quantitative estimate of drug-likeness (QED) is 0.550. The van der Waals surface area contributed by atoms with Gasteiger partial charge in [0.05, 0.1) is 12.8 Å². The number of aryl methyl sites for hydroxylation is 1. The van der Waals surface area contributed by atoms with E-state index in [0.29, 0.717) is 18.3 Å². The highest BCUT2D eigenvalue weighted by atomic mass is 16.5. The third kappa shape index (κ3) is 4.78. The van der Waals surface area contributed by atoms with E-state index in [2.05, 4.69) is 34.1 Å². The second-order valence-corrected chi connectivity index (χ2v) is 9.64. The minimum atomic E-state index is 0.00680. The highest BCUT2D eigenvalue weighted by Gasteiger charge is 2.33. The van der Waals surface area contributed by atoms with Gasteiger partial charge in [0.1, 0.15) is 5.75 Å². The van der Waals surface area contributed by atoms with Gasteiger partial charge in [-0.3, -0.25) is 14.4 Å². The normalized spacial score (nSPS) is 18.3. The summed E-state index contributed by atoms with van der Waals surface area (Å²) >= 11 is 0. The molecular formula is C28H35N5O2. The van der Waals surface area contributed by atoms with Gasteiger partial charge in [-0.05, 0) is 37.0 Å². The SMILES string of the molecule is COc1ccccc1N1CCN(C2CCc3c(c(C(=O)N(C)Cc4ccccc4)nn3C)C2)CC1. The van der Waals surface area contributed by atoms with E-state index in [1.807, 2.05) is 49.1 Å². The highest BCUT2D eigenvalue weighted by molar-refractivity contribution is 5.94. The molecule has 7 heteroatoms. The number of piperazine rings is 1. The molecular weight excluding hydrogens is 438 g/mol. The summed E-state index contributed by atoms with van der Waals surface area (Å²) in [6.07, 6.45) is 2.96. The van der Waals surface area contributed by atoms with Crippen molar-refractivity contribution in [1.82, 2.24) is 19.6 Å². The Morgan fingerprint density at radius 1 is 1.06 bits per heavy atom. The molecule has 1 atom stereocenters. The number of para-hydroxylation sites is 2. The lowest BCUT2D eigenvalue weighted by Crippen LogP contribution is -2.52. The summed E-state index contributed by atoms with van der Waals surface area (Å²) in [5.74, 6) is 0.939. The molecule has 0 saturated carbocycles. The van der Waals surface area contributed by atoms with Crippen LogP contribution in [0.15, 0.2) is 54.6 Å². The summed E-state index contributed by atoms with van der Waals surface area (Å²) in [5, 5.41) is 4.69. The number of fused-ring (bicyclic) bond motifs is 1. The average Bonchev–Trinajstić information content (AvgIpc) is 3.24. The zero-order valence-corrected chi connectivity index (χ0v) is 21.0. The first-order valence-electron chi connectivity index (χ1n) is 12.5. The average molecular weight is 474 g/mol. The Balaban J connectivity index is 1.26. The van der Waals surface area contributed by atoms with Crippen molar-refractivity contribution in [3.05, 3.63) is 77.1 Å². The predicted octanol–water partition coefficient (Wildman–Crippen LogP) is 3.38. The molecule has 184 valence electrons. The van der Waals surface area contributed by atoms with Crippen molar-refractivity contribution in [1.29, 1.82) is 0 Å². The van der Waals surface area contributed by atoms with Gasteiger partial charge in [-0.25, -0.2) is 0 Å². The largest absolute Gasteiger partial charge is 0.495 e. The van der Waals surface area contributed by atoms with Crippen LogP contribution in [0.3, 0.4) is 0 Å². The van der Waals surface area contributed by atoms with E-state index in [1.54, 1.807) is 12.0 Å². The second-order valence-electron chi connectivity index (χ2n) is 9.64. The fourth-order valence-corrected chi connectivity index (χ4v) is 5.58. The van der Waals surface area contributed by atoms with Crippen LogP contribution in [0.5, 0.6) is 5.75 Å². The summed E-state index contributed by atoms with van der Waals surface area (Å²) in [7, 11) is 5.58. The Bertz CT molecular complexity index is 1170. The van der Waals surface area contributed by atoms with Crippen LogP contribution < -0.4 is 9.64 Å². The molecule has 2 aliphatic rings. The van der Waals surface area contributed by atoms with E-state index in [-0.39, 0.29) is 5.91 Å². The number of carbonyl (C=O) groups excluding carboxylic acids is 1. The molecule has 1 amide bonds. The first-order valence-corrected chi connectivity index (χ1v) is 12.5. The Labute approximate surface area is 207 Å². The van der Waals surface area contributed by atoms with Crippen LogP contribution in [0.4, 0.5) is 5.69 Å². The number of carbonyl (C=O) groups is 1. The first kappa shape index (κ1) is 23.4. The van der Waals surface area contributed by atoms with Gasteiger partial charge in [-0.1, -0.05) is 42.5 Å². The van der Waals surface area contributed by atoms with Crippen molar-refractivity contribution in [2.24, 2.45) is 7.05 Å². The van der Waals surface area contributed by atoms with Gasteiger partial charge in [0.15, 0.2) is 5.69 Å². The zero-order chi connectivity index (χ0) is 24.4. The molecule has 1 aliphatic carbocycles. The van der Waals surface area contributed by atoms with Crippen molar-refractivity contribution in [2.45, 2.75) is 31.8 Å². The van der Waals surface area contributed by atoms with E-state index in [9.17, 15) is 4.79 Å². The van der Waals surface area contributed by atoms with Crippen molar-refractivity contribution in [3.8, 4) is 5.75 Å². The maximum atomic E-state index is 13.4. The van der Waals surface area contributed by atoms with Gasteiger partial charge in [0.2, 0.25) is 0 Å². The molecule has 5 rings (SSSR count). The van der Waals surface area contributed by atoms with Crippen LogP contribution in [-0.4, -0.2) is 71.9 Å². The van der Waals surface area contributed by atoms with Gasteiger partial charge < -0.3 is 14.5 Å². The molecule has 2 heterocycles. The van der Waals surface area contributed by atoms with Crippen molar-refractivity contribution in [2.75, 3.05) is 45.2 Å². The number of aromatic nitrogens is 2. The zero-order valence-electron chi connectivity index (χ0n) is 21.0. The van der Waals surface area contributed by atoms with E-state index in [1.165, 1.54) is 11.4 Å². The van der Waals surface area contributed by atoms with E-state index >= 15 is 0 Å². The van der Waals surface area contributed by atoms with Crippen molar-refractivity contribution >= 4 is 11.6 Å². The third-order valence-corrected chi connectivity index (χ3v) is 7.50. The summed E-state index contributed by atoms with van der Waals surface area (Å²) in [5.41, 5.74) is 5.27. The Morgan fingerprint density at radius 2 is 1.77 bits per heavy atom. The predicted molar refractivity (Wildman–Crippen MR) is 138 cm³/mol. The van der Waals surface area contributed by atoms with Crippen LogP contribution in [0.2, 0.25) is 0 Å². The number of hydrogen-bond donors (Lipinski definition) is 0. The molecule has 0 N–H and O–H groups in total. The Morgan fingerprint density at radius 3 is 2.51 bits per heavy atom. The number of anilines is 1. The number of methoxy groups -OCH3 is 1. The van der Waals surface area contributed by atoms with Crippen molar-refractivity contribution in [3.63, 3.8) is 0 Å². The van der Waals surface area contributed by atoms with Crippen LogP contribution >= 0.6 is 0 Å². The number of nitrogens with zero attached hydrogens (tertiary/aromatic N) is 5. The van der Waals surface area contributed by atoms with Crippen LogP contribution in [0.1, 0.15) is 33.7 Å². The Kier molecular flexibility index (Phi) is 6.77. The molecule has 1 aromatic heterocycles. The molecule has 0 spiro atoms. The fraction of sp³-hybridized carbons (Fsp3) is 0.429. The van der Waals surface area contributed by atoms with E-state index in [4.69, 9.17) is 9.84 Å². The molecule has 1 saturated heterocycles. The molecule has 0 bridgehead atoms. The van der Waals surface area contributed by atoms with Gasteiger partial charge >= 0.3 is 0 Å². The van der Waals surface area contributed by atoms with Gasteiger partial charge in [-0.15, -0.1) is 0 Å². The van der Waals surface area contributed by atoms with Gasteiger partial charge in [0.25, 0.3) is 5.91 Å². The first-order chi connectivity index (χ1) is 17.0. The minimum Gasteiger partial charge on any atom is -0.495 e. The minimum absolute atomic E-state index is 0.00680. The maximum Gasteiger partial charge on any atom is 0.274 e. The van der Waals surface area contributed by atoms with Gasteiger partial charge in [-0.2, -0.15) is 5.10 Å². The lowest BCUT2D eigenvalue weighted by atomic mass is 9.89. The van der Waals surface area contributed by atoms with Crippen LogP contribution in [0.25, 0.3) is 0 Å². The van der Waals surface area contributed by atoms with Crippen LogP contribution in [-0.2, 0) is 26.4 Å². The lowest BCUT2D eigenvalue weighted by Gasteiger charge is -2.41. The monoisotopic (exact) mass is 473 g/mol. The summed E-state index contributed by atoms with van der Waals surface area (Å²) in [6.45, 7) is 4.55. The standard InChI is InChI=1S/C28H35N5O2/c1-30(20-21-9-5-4-6-10-21)28(34)27-23-19-22(13-14-24(23)31(2)29-27)32-15-17-33(18-16-32)25-11-7-8-12-26(25)35-3/h4-12,22H,13-20H2,1-3H3. The molecule has 2 aromatic carbocycles. The number of rotatable bonds is 6. The second kappa shape index (κ2) is 10.1. The molecule has 7 nitrogen and oxygen atoms in total. The fourth-order valence-electron chi connectivity index (χ4n) is 5.58. The molecule has 35 heavy (non-hydrogen) atoms. The number of benzene rings is 2. The summed E-state index contributed by atoms with van der Waals surface area (Å²) in [6, 6.07) is 18.8. The van der Waals surface area contributed by atoms with E-state index in [0.717, 1.165) is 62.3 Å². The topological polar surface area (TPSA) is 53.8 Å². The Hall–Kier alpha value is -3.32. The molecule has 1 fully saturated rings. The number of ether oxygens (including phenoxy) is 1. The van der Waals surface area contributed by atoms with Gasteiger partial charge in [0, 0.05) is 64.1 Å². The third-order valence-electron chi connectivity index (χ3n) is 7.50. The lowest BCUT2D eigenvalue weighted by molar-refractivity contribution is 0.0776. The molecule has 0 radical (unpaired) electrons. The highest BCUT2D eigenvalue weighted by Crippen LogP contribution is 2.31. The van der Waals surface area contributed by atoms with E-state index < -0.39 is 0 Å². The van der Waals surface area contributed by atoms with Crippen molar-refractivity contribution < 1.29 is 9.53 Å². The molecule has 3 aromatic rings. The smallest absolute Gasteiger partial charge is 0.274 e. The summed E-state index contributed by atoms with van der Waals surface area (Å²) < 4.78 is 7.50.